The molecule has 160 valence electrons. The Morgan fingerprint density at radius 2 is 2.13 bits per heavy atom. The van der Waals surface area contributed by atoms with Gasteiger partial charge in [-0.05, 0) is 19.4 Å². The zero-order valence-electron chi connectivity index (χ0n) is 16.0. The van der Waals surface area contributed by atoms with Gasteiger partial charge >= 0.3 is 6.18 Å². The summed E-state index contributed by atoms with van der Waals surface area (Å²) in [5, 5.41) is 16.4. The topological polar surface area (TPSA) is 115 Å². The van der Waals surface area contributed by atoms with Gasteiger partial charge in [0.25, 0.3) is 5.91 Å². The van der Waals surface area contributed by atoms with E-state index in [-0.39, 0.29) is 36.3 Å². The maximum absolute atomic E-state index is 12.3. The number of aliphatic hydroxyl groups is 1. The molecule has 30 heavy (non-hydrogen) atoms. The fourth-order valence-corrected chi connectivity index (χ4v) is 2.67. The third-order valence-electron chi connectivity index (χ3n) is 3.97. The molecular formula is C18H19F3N6O3. The summed E-state index contributed by atoms with van der Waals surface area (Å²) in [4.78, 5) is 24.5. The van der Waals surface area contributed by atoms with Gasteiger partial charge in [-0.15, -0.1) is 0 Å². The number of aliphatic hydroxyl groups excluding tert-OH is 1. The predicted molar refractivity (Wildman–Crippen MR) is 99.0 cm³/mol. The molecule has 0 atom stereocenters. The van der Waals surface area contributed by atoms with E-state index in [1.807, 2.05) is 0 Å². The summed E-state index contributed by atoms with van der Waals surface area (Å²) in [5.74, 6) is -0.567. The molecule has 0 aliphatic rings. The van der Waals surface area contributed by atoms with Crippen LogP contribution in [0.1, 0.15) is 28.3 Å². The zero-order valence-corrected chi connectivity index (χ0v) is 16.0. The standard InChI is InChI=1S/C18H19F3N6O3/c1-11-17(30-10-18(19,20)21)24-7-12(25-11)8-27-9-13-14(26-27)3-5-22-15(13)16(29)23-4-2-6-28/h3,5,7,9,28H,2,4,6,8,10H2,1H3,(H,23,29). The van der Waals surface area contributed by atoms with Crippen LogP contribution in [0.2, 0.25) is 0 Å². The van der Waals surface area contributed by atoms with Crippen LogP contribution in [0, 0.1) is 6.92 Å². The van der Waals surface area contributed by atoms with Gasteiger partial charge in [0.05, 0.1) is 35.0 Å². The van der Waals surface area contributed by atoms with Crippen LogP contribution in [-0.4, -0.2) is 61.7 Å². The molecule has 3 aromatic rings. The van der Waals surface area contributed by atoms with E-state index < -0.39 is 12.8 Å². The van der Waals surface area contributed by atoms with Crippen molar-refractivity contribution in [3.05, 3.63) is 41.7 Å². The Bertz CT molecular complexity index is 1040. The quantitative estimate of drug-likeness (QED) is 0.528. The molecule has 12 heteroatoms. The Hall–Kier alpha value is -3.28. The van der Waals surface area contributed by atoms with Crippen molar-refractivity contribution in [2.24, 2.45) is 0 Å². The molecule has 0 aromatic carbocycles. The summed E-state index contributed by atoms with van der Waals surface area (Å²) in [6.45, 7) is 0.534. The van der Waals surface area contributed by atoms with E-state index in [2.05, 4.69) is 30.1 Å². The molecule has 3 rings (SSSR count). The number of amides is 1. The lowest BCUT2D eigenvalue weighted by molar-refractivity contribution is -0.154. The lowest BCUT2D eigenvalue weighted by Crippen LogP contribution is -2.26. The highest BCUT2D eigenvalue weighted by Crippen LogP contribution is 2.20. The van der Waals surface area contributed by atoms with Crippen molar-refractivity contribution in [3.8, 4) is 5.88 Å². The van der Waals surface area contributed by atoms with Crippen molar-refractivity contribution >= 4 is 16.8 Å². The van der Waals surface area contributed by atoms with E-state index in [9.17, 15) is 18.0 Å². The molecule has 0 radical (unpaired) electrons. The summed E-state index contributed by atoms with van der Waals surface area (Å²) in [6, 6.07) is 1.65. The maximum Gasteiger partial charge on any atom is 0.422 e. The van der Waals surface area contributed by atoms with Gasteiger partial charge in [-0.3, -0.25) is 14.5 Å². The number of nitrogens with one attached hydrogen (secondary N) is 1. The molecule has 0 aliphatic carbocycles. The summed E-state index contributed by atoms with van der Waals surface area (Å²) in [6.07, 6.45) is 0.386. The van der Waals surface area contributed by atoms with Gasteiger partial charge in [0, 0.05) is 25.5 Å². The van der Waals surface area contributed by atoms with E-state index in [1.54, 1.807) is 12.3 Å². The average Bonchev–Trinajstić information content (AvgIpc) is 3.09. The predicted octanol–water partition coefficient (Wildman–Crippen LogP) is 1.63. The Morgan fingerprint density at radius 3 is 2.83 bits per heavy atom. The molecule has 0 saturated heterocycles. The van der Waals surface area contributed by atoms with Gasteiger partial charge in [-0.25, -0.2) is 9.97 Å². The van der Waals surface area contributed by atoms with E-state index in [1.165, 1.54) is 24.0 Å². The number of ether oxygens (including phenoxy) is 1. The molecule has 2 N–H and O–H groups in total. The molecule has 0 unspecified atom stereocenters. The van der Waals surface area contributed by atoms with Crippen molar-refractivity contribution < 1.29 is 27.8 Å². The second-order valence-electron chi connectivity index (χ2n) is 6.41. The lowest BCUT2D eigenvalue weighted by atomic mass is 10.2. The van der Waals surface area contributed by atoms with Crippen molar-refractivity contribution in [1.82, 2.24) is 30.0 Å². The number of aryl methyl sites for hydroxylation is 1. The van der Waals surface area contributed by atoms with Crippen LogP contribution >= 0.6 is 0 Å². The summed E-state index contributed by atoms with van der Waals surface area (Å²) in [5.41, 5.74) is 1.43. The number of carbonyl (C=O) groups excluding carboxylic acids is 1. The smallest absolute Gasteiger partial charge is 0.422 e. The van der Waals surface area contributed by atoms with Gasteiger partial charge in [-0.2, -0.15) is 18.3 Å². The largest absolute Gasteiger partial charge is 0.467 e. The number of nitrogens with zero attached hydrogens (tertiary/aromatic N) is 5. The maximum atomic E-state index is 12.3. The first-order valence-electron chi connectivity index (χ1n) is 9.00. The zero-order chi connectivity index (χ0) is 21.7. The van der Waals surface area contributed by atoms with Crippen LogP contribution in [0.25, 0.3) is 10.9 Å². The van der Waals surface area contributed by atoms with Crippen LogP contribution in [0.3, 0.4) is 0 Å². The summed E-state index contributed by atoms with van der Waals surface area (Å²) < 4.78 is 43.0. The third kappa shape index (κ3) is 5.41. The highest BCUT2D eigenvalue weighted by atomic mass is 19.4. The lowest BCUT2D eigenvalue weighted by Gasteiger charge is -2.10. The second-order valence-corrected chi connectivity index (χ2v) is 6.41. The number of aromatic nitrogens is 5. The Balaban J connectivity index is 1.75. The van der Waals surface area contributed by atoms with Gasteiger partial charge in [-0.1, -0.05) is 0 Å². The van der Waals surface area contributed by atoms with Crippen LogP contribution in [0.4, 0.5) is 13.2 Å². The molecule has 1 amide bonds. The number of hydrogen-bond acceptors (Lipinski definition) is 7. The number of carbonyl (C=O) groups is 1. The minimum Gasteiger partial charge on any atom is -0.467 e. The molecule has 0 spiro atoms. The van der Waals surface area contributed by atoms with Crippen LogP contribution in [0.5, 0.6) is 5.88 Å². The van der Waals surface area contributed by atoms with Crippen LogP contribution < -0.4 is 10.1 Å². The van der Waals surface area contributed by atoms with E-state index in [0.29, 0.717) is 29.6 Å². The van der Waals surface area contributed by atoms with Crippen LogP contribution in [0.15, 0.2) is 24.7 Å². The van der Waals surface area contributed by atoms with E-state index in [0.717, 1.165) is 0 Å². The normalized spacial score (nSPS) is 11.6. The SMILES string of the molecule is Cc1nc(Cn2cc3c(C(=O)NCCCO)nccc3n2)cnc1OCC(F)(F)F. The summed E-state index contributed by atoms with van der Waals surface area (Å²) in [7, 11) is 0. The number of hydrogen-bond donors (Lipinski definition) is 2. The number of fused-ring (bicyclic) bond motifs is 1. The molecule has 3 heterocycles. The van der Waals surface area contributed by atoms with Gasteiger partial charge in [0.1, 0.15) is 5.69 Å². The first-order valence-corrected chi connectivity index (χ1v) is 9.00. The van der Waals surface area contributed by atoms with E-state index >= 15 is 0 Å². The van der Waals surface area contributed by atoms with Crippen LogP contribution in [-0.2, 0) is 6.54 Å². The number of pyridine rings is 1. The van der Waals surface area contributed by atoms with Crippen molar-refractivity contribution in [2.75, 3.05) is 19.8 Å². The van der Waals surface area contributed by atoms with Gasteiger partial charge in [0.2, 0.25) is 5.88 Å². The Morgan fingerprint density at radius 1 is 1.33 bits per heavy atom. The van der Waals surface area contributed by atoms with Gasteiger partial charge < -0.3 is 15.2 Å². The van der Waals surface area contributed by atoms with Crippen molar-refractivity contribution in [2.45, 2.75) is 26.1 Å². The first-order chi connectivity index (χ1) is 14.3. The number of alkyl halides is 3. The molecule has 0 fully saturated rings. The fourth-order valence-electron chi connectivity index (χ4n) is 2.67. The van der Waals surface area contributed by atoms with Crippen molar-refractivity contribution in [1.29, 1.82) is 0 Å². The minimum absolute atomic E-state index is 0.0314. The highest BCUT2D eigenvalue weighted by Gasteiger charge is 2.29. The minimum atomic E-state index is -4.46. The van der Waals surface area contributed by atoms with Crippen molar-refractivity contribution in [3.63, 3.8) is 0 Å². The van der Waals surface area contributed by atoms with Gasteiger partial charge in [0.15, 0.2) is 6.61 Å². The number of halogens is 3. The molecular weight excluding hydrogens is 405 g/mol. The molecule has 0 aliphatic heterocycles. The monoisotopic (exact) mass is 424 g/mol. The molecule has 0 bridgehead atoms. The molecule has 3 aromatic heterocycles. The third-order valence-corrected chi connectivity index (χ3v) is 3.97. The highest BCUT2D eigenvalue weighted by molar-refractivity contribution is 6.04. The second kappa shape index (κ2) is 9.03. The fraction of sp³-hybridized carbons (Fsp3) is 0.389. The Kier molecular flexibility index (Phi) is 6.45. The molecule has 9 nitrogen and oxygen atoms in total. The average molecular weight is 424 g/mol. The molecule has 0 saturated carbocycles. The van der Waals surface area contributed by atoms with E-state index in [4.69, 9.17) is 5.11 Å². The number of rotatable bonds is 8. The summed E-state index contributed by atoms with van der Waals surface area (Å²) >= 11 is 0. The first kappa shape index (κ1) is 21.4. The Labute approximate surface area is 168 Å².